The van der Waals surface area contributed by atoms with E-state index in [-0.39, 0.29) is 0 Å². The lowest BCUT2D eigenvalue weighted by molar-refractivity contribution is 1.18. The van der Waals surface area contributed by atoms with E-state index in [2.05, 4.69) is 135 Å². The van der Waals surface area contributed by atoms with Gasteiger partial charge in [0.2, 0.25) is 0 Å². The summed E-state index contributed by atoms with van der Waals surface area (Å²) in [6.07, 6.45) is 3.69. The summed E-state index contributed by atoms with van der Waals surface area (Å²) in [5, 5.41) is 6.10. The van der Waals surface area contributed by atoms with Crippen molar-refractivity contribution in [3.63, 3.8) is 0 Å². The van der Waals surface area contributed by atoms with Crippen molar-refractivity contribution in [3.8, 4) is 16.8 Å². The molecule has 0 radical (unpaired) electrons. The molecule has 0 aliphatic rings. The average Bonchev–Trinajstić information content (AvgIpc) is 3.57. The van der Waals surface area contributed by atoms with Gasteiger partial charge in [0.1, 0.15) is 5.65 Å². The van der Waals surface area contributed by atoms with Crippen LogP contribution in [0.1, 0.15) is 0 Å². The third-order valence-corrected chi connectivity index (χ3v) is 8.17. The van der Waals surface area contributed by atoms with Crippen molar-refractivity contribution in [3.05, 3.63) is 134 Å². The largest absolute Gasteiger partial charge is 0.309 e. The quantitative estimate of drug-likeness (QED) is 0.218. The first-order valence-corrected chi connectivity index (χ1v) is 13.5. The molecule has 4 nitrogen and oxygen atoms in total. The van der Waals surface area contributed by atoms with E-state index in [4.69, 9.17) is 4.98 Å². The SMILES string of the molecule is c1cc(-c2ccncc2)cc(-n2c3ccccc3c3cc4c5ccccc5c5nc6ccccc6n5c4cc32)c1. The van der Waals surface area contributed by atoms with Crippen LogP contribution in [0.3, 0.4) is 0 Å². The molecule has 0 saturated heterocycles. The number of fused-ring (bicyclic) bond motifs is 11. The zero-order chi connectivity index (χ0) is 26.2. The minimum absolute atomic E-state index is 0.992. The molecule has 9 rings (SSSR count). The monoisotopic (exact) mass is 510 g/mol. The van der Waals surface area contributed by atoms with Gasteiger partial charge >= 0.3 is 0 Å². The van der Waals surface area contributed by atoms with Crippen LogP contribution in [-0.4, -0.2) is 18.9 Å². The van der Waals surface area contributed by atoms with Crippen LogP contribution in [0.4, 0.5) is 0 Å². The molecule has 0 atom stereocenters. The van der Waals surface area contributed by atoms with Crippen LogP contribution in [0, 0.1) is 0 Å². The molecule has 0 aliphatic heterocycles. The van der Waals surface area contributed by atoms with Crippen LogP contribution in [0.25, 0.3) is 77.0 Å². The minimum atomic E-state index is 0.992. The third kappa shape index (κ3) is 2.90. The molecule has 0 saturated carbocycles. The second-order valence-corrected chi connectivity index (χ2v) is 10.3. The second kappa shape index (κ2) is 8.01. The molecular weight excluding hydrogens is 488 g/mol. The first-order chi connectivity index (χ1) is 19.8. The first kappa shape index (κ1) is 21.5. The fourth-order valence-electron chi connectivity index (χ4n) is 6.42. The van der Waals surface area contributed by atoms with E-state index in [1.807, 2.05) is 12.4 Å². The van der Waals surface area contributed by atoms with Gasteiger partial charge in [0.05, 0.1) is 27.6 Å². The highest BCUT2D eigenvalue weighted by Gasteiger charge is 2.18. The molecule has 0 spiro atoms. The average molecular weight is 511 g/mol. The van der Waals surface area contributed by atoms with Crippen LogP contribution in [0.2, 0.25) is 0 Å². The Labute approximate surface area is 229 Å². The highest BCUT2D eigenvalue weighted by Crippen LogP contribution is 2.39. The number of para-hydroxylation sites is 3. The molecule has 4 heterocycles. The lowest BCUT2D eigenvalue weighted by atomic mass is 10.0. The Bertz CT molecular complexity index is 2430. The first-order valence-electron chi connectivity index (χ1n) is 13.5. The van der Waals surface area contributed by atoms with Crippen LogP contribution >= 0.6 is 0 Å². The van der Waals surface area contributed by atoms with E-state index in [9.17, 15) is 0 Å². The minimum Gasteiger partial charge on any atom is -0.309 e. The summed E-state index contributed by atoms with van der Waals surface area (Å²) in [7, 11) is 0. The highest BCUT2D eigenvalue weighted by molar-refractivity contribution is 6.20. The van der Waals surface area contributed by atoms with Crippen molar-refractivity contribution in [2.75, 3.05) is 0 Å². The Hall–Kier alpha value is -5.48. The maximum absolute atomic E-state index is 5.09. The van der Waals surface area contributed by atoms with Gasteiger partial charge < -0.3 is 4.57 Å². The predicted molar refractivity (Wildman–Crippen MR) is 165 cm³/mol. The van der Waals surface area contributed by atoms with E-state index in [1.165, 1.54) is 43.5 Å². The number of hydrogen-bond donors (Lipinski definition) is 0. The van der Waals surface area contributed by atoms with Gasteiger partial charge in [0.15, 0.2) is 0 Å². The van der Waals surface area contributed by atoms with Gasteiger partial charge in [-0.05, 0) is 71.1 Å². The number of benzene rings is 5. The van der Waals surface area contributed by atoms with Gasteiger partial charge in [0.25, 0.3) is 0 Å². The van der Waals surface area contributed by atoms with E-state index in [0.717, 1.165) is 33.4 Å². The fourth-order valence-corrected chi connectivity index (χ4v) is 6.42. The van der Waals surface area contributed by atoms with Crippen LogP contribution in [0.5, 0.6) is 0 Å². The van der Waals surface area contributed by atoms with Gasteiger partial charge in [-0.3, -0.25) is 9.38 Å². The summed E-state index contributed by atoms with van der Waals surface area (Å²) in [6, 6.07) is 43.4. The standard InChI is InChI=1S/C36H22N4/c1-2-12-28-26(10-1)29-21-30-27-11-3-5-14-32(27)39(25-9-7-8-24(20-25)23-16-18-37-19-17-23)34(30)22-35(29)40-33-15-6-4-13-31(33)38-36(28)40/h1-22H. The Morgan fingerprint density at radius 3 is 2.05 bits per heavy atom. The van der Waals surface area contributed by atoms with E-state index >= 15 is 0 Å². The van der Waals surface area contributed by atoms with Crippen LogP contribution < -0.4 is 0 Å². The molecule has 9 aromatic rings. The smallest absolute Gasteiger partial charge is 0.146 e. The highest BCUT2D eigenvalue weighted by atomic mass is 15.0. The molecule has 0 bridgehead atoms. The van der Waals surface area contributed by atoms with Crippen LogP contribution in [-0.2, 0) is 0 Å². The topological polar surface area (TPSA) is 35.1 Å². The molecule has 5 aromatic carbocycles. The predicted octanol–water partition coefficient (Wildman–Crippen LogP) is 8.95. The molecule has 0 amide bonds. The summed E-state index contributed by atoms with van der Waals surface area (Å²) < 4.78 is 4.73. The molecule has 186 valence electrons. The molecule has 0 N–H and O–H groups in total. The van der Waals surface area contributed by atoms with Gasteiger partial charge in [-0.2, -0.15) is 0 Å². The maximum atomic E-state index is 5.09. The van der Waals surface area contributed by atoms with Crippen molar-refractivity contribution in [1.82, 2.24) is 18.9 Å². The number of rotatable bonds is 2. The number of nitrogens with zero attached hydrogens (tertiary/aromatic N) is 4. The number of imidazole rings is 1. The van der Waals surface area contributed by atoms with Crippen molar-refractivity contribution in [1.29, 1.82) is 0 Å². The van der Waals surface area contributed by atoms with Crippen molar-refractivity contribution in [2.45, 2.75) is 0 Å². The Kier molecular flexibility index (Phi) is 4.30. The summed E-state index contributed by atoms with van der Waals surface area (Å²) in [5.74, 6) is 0. The molecule has 40 heavy (non-hydrogen) atoms. The van der Waals surface area contributed by atoms with Crippen molar-refractivity contribution in [2.24, 2.45) is 0 Å². The van der Waals surface area contributed by atoms with Crippen LogP contribution in [0.15, 0.2) is 134 Å². The maximum Gasteiger partial charge on any atom is 0.146 e. The molecule has 0 aliphatic carbocycles. The molecule has 4 aromatic heterocycles. The van der Waals surface area contributed by atoms with Gasteiger partial charge in [-0.1, -0.05) is 66.7 Å². The molecule has 0 unspecified atom stereocenters. The zero-order valence-corrected chi connectivity index (χ0v) is 21.5. The summed E-state index contributed by atoms with van der Waals surface area (Å²) in [4.78, 5) is 9.30. The van der Waals surface area contributed by atoms with E-state index in [1.54, 1.807) is 0 Å². The van der Waals surface area contributed by atoms with E-state index < -0.39 is 0 Å². The summed E-state index contributed by atoms with van der Waals surface area (Å²) in [5.41, 5.74) is 10.1. The molecular formula is C36H22N4. The lowest BCUT2D eigenvalue weighted by Gasteiger charge is -2.12. The second-order valence-electron chi connectivity index (χ2n) is 10.3. The molecule has 4 heteroatoms. The number of hydrogen-bond acceptors (Lipinski definition) is 2. The zero-order valence-electron chi connectivity index (χ0n) is 21.5. The Morgan fingerprint density at radius 2 is 1.18 bits per heavy atom. The fraction of sp³-hybridized carbons (Fsp3) is 0. The molecule has 0 fully saturated rings. The van der Waals surface area contributed by atoms with Gasteiger partial charge in [-0.15, -0.1) is 0 Å². The Morgan fingerprint density at radius 1 is 0.450 bits per heavy atom. The number of aromatic nitrogens is 4. The summed E-state index contributed by atoms with van der Waals surface area (Å²) >= 11 is 0. The lowest BCUT2D eigenvalue weighted by Crippen LogP contribution is -1.96. The van der Waals surface area contributed by atoms with Gasteiger partial charge in [0, 0.05) is 39.6 Å². The van der Waals surface area contributed by atoms with Gasteiger partial charge in [-0.25, -0.2) is 4.98 Å². The summed E-state index contributed by atoms with van der Waals surface area (Å²) in [6.45, 7) is 0. The van der Waals surface area contributed by atoms with Crippen molar-refractivity contribution >= 4 is 60.2 Å². The normalized spacial score (nSPS) is 12.0. The Balaban J connectivity index is 1.47. The third-order valence-electron chi connectivity index (χ3n) is 8.17. The number of pyridine rings is 2. The van der Waals surface area contributed by atoms with Crippen molar-refractivity contribution < 1.29 is 0 Å². The van der Waals surface area contributed by atoms with E-state index in [0.29, 0.717) is 0 Å².